The molecule has 0 bridgehead atoms. The fourth-order valence-electron chi connectivity index (χ4n) is 0.895. The summed E-state index contributed by atoms with van der Waals surface area (Å²) >= 11 is 4.34. The van der Waals surface area contributed by atoms with Crippen molar-refractivity contribution >= 4 is 27.2 Å². The van der Waals surface area contributed by atoms with Crippen molar-refractivity contribution in [2.75, 3.05) is 6.26 Å². The molecule has 0 fully saturated rings. The third-order valence-corrected chi connectivity index (χ3v) is 3.01. The van der Waals surface area contributed by atoms with Crippen LogP contribution in [-0.4, -0.2) is 25.8 Å². The molecule has 2 heterocycles. The summed E-state index contributed by atoms with van der Waals surface area (Å²) in [7, 11) is -0.448. The lowest BCUT2D eigenvalue weighted by Gasteiger charge is -2.05. The molecule has 0 radical (unpaired) electrons. The van der Waals surface area contributed by atoms with E-state index in [2.05, 4.69) is 26.7 Å². The number of rotatable bonds is 1. The predicted octanol–water partition coefficient (Wildman–Crippen LogP) is 0.959. The average molecular weight is 200 g/mol. The van der Waals surface area contributed by atoms with E-state index in [1.807, 2.05) is 12.3 Å². The highest BCUT2D eigenvalue weighted by atomic mass is 33.1. The van der Waals surface area contributed by atoms with Crippen LogP contribution in [0.2, 0.25) is 0 Å². The molecule has 4 nitrogen and oxygen atoms in total. The molecule has 2 aromatic rings. The number of thiol groups is 2. The first-order valence-corrected chi connectivity index (χ1v) is 6.29. The van der Waals surface area contributed by atoms with Crippen molar-refractivity contribution in [1.82, 2.24) is 19.6 Å². The van der Waals surface area contributed by atoms with E-state index in [1.165, 1.54) is 6.33 Å². The molecule has 0 aliphatic heterocycles. The van der Waals surface area contributed by atoms with E-state index < -0.39 is 9.93 Å². The Hall–Kier alpha value is -0.750. The van der Waals surface area contributed by atoms with Gasteiger partial charge in [-0.25, -0.2) is 14.5 Å². The summed E-state index contributed by atoms with van der Waals surface area (Å²) in [6.07, 6.45) is 5.21. The van der Waals surface area contributed by atoms with Crippen molar-refractivity contribution in [1.29, 1.82) is 0 Å². The molecule has 0 amide bonds. The molecular weight excluding hydrogens is 192 g/mol. The maximum absolute atomic E-state index is 4.34. The van der Waals surface area contributed by atoms with Gasteiger partial charge < -0.3 is 0 Å². The number of hydrogen-bond donors (Lipinski definition) is 2. The number of nitrogens with zero attached hydrogens (tertiary/aromatic N) is 4. The summed E-state index contributed by atoms with van der Waals surface area (Å²) in [5, 5.41) is 4.92. The minimum absolute atomic E-state index is 0.448. The molecule has 0 aliphatic rings. The van der Waals surface area contributed by atoms with Crippen molar-refractivity contribution in [3.8, 4) is 0 Å². The van der Waals surface area contributed by atoms with Gasteiger partial charge in [0.05, 0.1) is 5.03 Å². The maximum Gasteiger partial charge on any atom is 0.159 e. The summed E-state index contributed by atoms with van der Waals surface area (Å²) in [6, 6.07) is 1.91. The van der Waals surface area contributed by atoms with Crippen LogP contribution >= 0.6 is 21.6 Å². The first-order valence-electron chi connectivity index (χ1n) is 3.35. The van der Waals surface area contributed by atoms with E-state index in [1.54, 1.807) is 10.8 Å². The molecule has 0 spiro atoms. The van der Waals surface area contributed by atoms with Crippen LogP contribution in [-0.2, 0) is 0 Å². The van der Waals surface area contributed by atoms with Crippen molar-refractivity contribution in [2.45, 2.75) is 5.03 Å². The van der Waals surface area contributed by atoms with Crippen LogP contribution in [0.15, 0.2) is 23.7 Å². The third-order valence-electron chi connectivity index (χ3n) is 1.49. The Balaban J connectivity index is 2.60. The zero-order chi connectivity index (χ0) is 8.55. The Morgan fingerprint density at radius 3 is 3.08 bits per heavy atom. The van der Waals surface area contributed by atoms with Crippen LogP contribution in [0.5, 0.6) is 0 Å². The quantitative estimate of drug-likeness (QED) is 0.409. The van der Waals surface area contributed by atoms with Crippen LogP contribution in [0.1, 0.15) is 0 Å². The van der Waals surface area contributed by atoms with Crippen molar-refractivity contribution < 1.29 is 0 Å². The van der Waals surface area contributed by atoms with Gasteiger partial charge in [0.1, 0.15) is 12.7 Å². The fourth-order valence-corrected chi connectivity index (χ4v) is 1.74. The summed E-state index contributed by atoms with van der Waals surface area (Å²) in [5.41, 5.74) is 0.823. The molecule has 2 aromatic heterocycles. The Kier molecular flexibility index (Phi) is 1.93. The lowest BCUT2D eigenvalue weighted by molar-refractivity contribution is 0.892. The van der Waals surface area contributed by atoms with Gasteiger partial charge >= 0.3 is 0 Å². The molecule has 6 heteroatoms. The lowest BCUT2D eigenvalue weighted by atomic mass is 10.6. The molecule has 0 saturated carbocycles. The Morgan fingerprint density at radius 2 is 2.33 bits per heavy atom. The molecule has 0 aliphatic carbocycles. The second kappa shape index (κ2) is 2.95. The van der Waals surface area contributed by atoms with Gasteiger partial charge in [-0.1, -0.05) is 0 Å². The van der Waals surface area contributed by atoms with Gasteiger partial charge in [-0.3, -0.25) is 0 Å². The van der Waals surface area contributed by atoms with Gasteiger partial charge in [-0.2, -0.15) is 15.0 Å². The van der Waals surface area contributed by atoms with Crippen molar-refractivity contribution in [2.24, 2.45) is 0 Å². The minimum Gasteiger partial charge on any atom is -0.231 e. The standard InChI is InChI=1S/C6H8N4S2/c1-12(11)6-2-5-7-3-9-10(5)4-8-6/h2-4,11-12H,1H3. The van der Waals surface area contributed by atoms with Crippen LogP contribution in [0.4, 0.5) is 0 Å². The van der Waals surface area contributed by atoms with E-state index in [9.17, 15) is 0 Å². The average Bonchev–Trinajstić information content (AvgIpc) is 2.49. The van der Waals surface area contributed by atoms with E-state index in [4.69, 9.17) is 0 Å². The monoisotopic (exact) mass is 200 g/mol. The Labute approximate surface area is 77.2 Å². The predicted molar refractivity (Wildman–Crippen MR) is 52.9 cm³/mol. The molecule has 0 saturated heterocycles. The van der Waals surface area contributed by atoms with Gasteiger partial charge in [-0.15, -0.1) is 11.7 Å². The second-order valence-electron chi connectivity index (χ2n) is 2.33. The number of aromatic nitrogens is 4. The summed E-state index contributed by atoms with van der Waals surface area (Å²) in [6.45, 7) is 0. The Morgan fingerprint density at radius 1 is 1.50 bits per heavy atom. The van der Waals surface area contributed by atoms with E-state index in [-0.39, 0.29) is 0 Å². The van der Waals surface area contributed by atoms with Crippen molar-refractivity contribution in [3.63, 3.8) is 0 Å². The van der Waals surface area contributed by atoms with Gasteiger partial charge in [0, 0.05) is 6.07 Å². The van der Waals surface area contributed by atoms with Crippen LogP contribution in [0.3, 0.4) is 0 Å². The zero-order valence-corrected chi connectivity index (χ0v) is 8.20. The van der Waals surface area contributed by atoms with E-state index in [0.29, 0.717) is 0 Å². The maximum atomic E-state index is 4.34. The smallest absolute Gasteiger partial charge is 0.159 e. The van der Waals surface area contributed by atoms with Gasteiger partial charge in [0.2, 0.25) is 0 Å². The molecule has 0 N–H and O–H groups in total. The largest absolute Gasteiger partial charge is 0.231 e. The van der Waals surface area contributed by atoms with Crippen LogP contribution in [0, 0.1) is 0 Å². The molecule has 2 rings (SSSR count). The molecule has 1 atom stereocenters. The zero-order valence-electron chi connectivity index (χ0n) is 6.42. The molecule has 1 unspecified atom stereocenters. The third kappa shape index (κ3) is 1.27. The Bertz CT molecular complexity index is 397. The fraction of sp³-hybridized carbons (Fsp3) is 0.167. The van der Waals surface area contributed by atoms with E-state index in [0.717, 1.165) is 10.7 Å². The lowest BCUT2D eigenvalue weighted by Crippen LogP contribution is -1.90. The topological polar surface area (TPSA) is 43.1 Å². The van der Waals surface area contributed by atoms with Gasteiger partial charge in [0.15, 0.2) is 5.65 Å². The molecule has 12 heavy (non-hydrogen) atoms. The summed E-state index contributed by atoms with van der Waals surface area (Å²) in [4.78, 5) is 8.24. The van der Waals surface area contributed by atoms with Crippen LogP contribution in [0.25, 0.3) is 5.65 Å². The normalized spacial score (nSPS) is 15.0. The highest BCUT2D eigenvalue weighted by Gasteiger charge is 2.00. The van der Waals surface area contributed by atoms with Crippen molar-refractivity contribution in [3.05, 3.63) is 18.7 Å². The molecule has 64 valence electrons. The molecular formula is C6H8N4S2. The highest BCUT2D eigenvalue weighted by Crippen LogP contribution is 2.34. The second-order valence-corrected chi connectivity index (χ2v) is 5.64. The van der Waals surface area contributed by atoms with E-state index >= 15 is 0 Å². The molecule has 0 aromatic carbocycles. The first-order chi connectivity index (χ1) is 5.77. The van der Waals surface area contributed by atoms with Crippen LogP contribution < -0.4 is 0 Å². The van der Waals surface area contributed by atoms with Gasteiger partial charge in [-0.05, 0) is 6.26 Å². The van der Waals surface area contributed by atoms with Gasteiger partial charge in [0.25, 0.3) is 0 Å². The number of fused-ring (bicyclic) bond motifs is 1. The first kappa shape index (κ1) is 7.88. The summed E-state index contributed by atoms with van der Waals surface area (Å²) in [5.74, 6) is 0. The summed E-state index contributed by atoms with van der Waals surface area (Å²) < 4.78 is 1.64. The number of hydrogen-bond acceptors (Lipinski definition) is 4. The minimum atomic E-state index is -0.448. The highest BCUT2D eigenvalue weighted by molar-refractivity contribution is 8.77. The SMILES string of the molecule is C[SH](S)c1cc2ncnn2cn1.